The van der Waals surface area contributed by atoms with Crippen molar-refractivity contribution in [2.75, 3.05) is 24.6 Å². The van der Waals surface area contributed by atoms with Gasteiger partial charge in [-0.3, -0.25) is 4.79 Å². The largest absolute Gasteiger partial charge is 0.493 e. The number of hydrogen-bond acceptors (Lipinski definition) is 3. The highest BCUT2D eigenvalue weighted by Crippen LogP contribution is 2.24. The van der Waals surface area contributed by atoms with Crippen LogP contribution >= 0.6 is 0 Å². The average Bonchev–Trinajstić information content (AvgIpc) is 2.40. The quantitative estimate of drug-likeness (QED) is 0.871. The zero-order valence-electron chi connectivity index (χ0n) is 10.5. The first-order valence-corrected chi connectivity index (χ1v) is 6.45. The van der Waals surface area contributed by atoms with E-state index in [1.807, 2.05) is 18.2 Å². The van der Waals surface area contributed by atoms with Gasteiger partial charge in [0.05, 0.1) is 13.0 Å². The number of nitrogens with zero attached hydrogens (tertiary/aromatic N) is 1. The molecular formula is C14H19NO3. The van der Waals surface area contributed by atoms with Crippen LogP contribution in [0.3, 0.4) is 0 Å². The van der Waals surface area contributed by atoms with Crippen LogP contribution in [0.25, 0.3) is 0 Å². The smallest absolute Gasteiger partial charge is 0.306 e. The highest BCUT2D eigenvalue weighted by molar-refractivity contribution is 5.66. The highest BCUT2D eigenvalue weighted by Gasteiger charge is 2.11. The Morgan fingerprint density at radius 1 is 1.28 bits per heavy atom. The Labute approximate surface area is 107 Å². The second-order valence-electron chi connectivity index (χ2n) is 4.54. The molecule has 0 spiro atoms. The van der Waals surface area contributed by atoms with Gasteiger partial charge in [0, 0.05) is 24.8 Å². The van der Waals surface area contributed by atoms with Gasteiger partial charge in [-0.15, -0.1) is 0 Å². The Morgan fingerprint density at radius 2 is 2.06 bits per heavy atom. The van der Waals surface area contributed by atoms with Crippen molar-refractivity contribution in [3.05, 3.63) is 24.3 Å². The molecule has 1 heterocycles. The van der Waals surface area contributed by atoms with Crippen molar-refractivity contribution in [1.82, 2.24) is 0 Å². The van der Waals surface area contributed by atoms with Gasteiger partial charge >= 0.3 is 5.97 Å². The minimum Gasteiger partial charge on any atom is -0.493 e. The van der Waals surface area contributed by atoms with Gasteiger partial charge in [-0.2, -0.15) is 0 Å². The van der Waals surface area contributed by atoms with E-state index in [1.54, 1.807) is 0 Å². The van der Waals surface area contributed by atoms with Crippen LogP contribution in [0.5, 0.6) is 5.75 Å². The summed E-state index contributed by atoms with van der Waals surface area (Å²) in [4.78, 5) is 12.8. The number of anilines is 1. The Morgan fingerprint density at radius 3 is 2.78 bits per heavy atom. The molecule has 1 aliphatic heterocycles. The SMILES string of the molecule is O=C(O)CCOc1cccc(N2CCCCC2)c1. The van der Waals surface area contributed by atoms with Crippen molar-refractivity contribution in [1.29, 1.82) is 0 Å². The lowest BCUT2D eigenvalue weighted by Crippen LogP contribution is -2.29. The van der Waals surface area contributed by atoms with Gasteiger partial charge in [-0.25, -0.2) is 0 Å². The Hall–Kier alpha value is -1.71. The van der Waals surface area contributed by atoms with E-state index in [9.17, 15) is 4.79 Å². The fraction of sp³-hybridized carbons (Fsp3) is 0.500. The van der Waals surface area contributed by atoms with Crippen molar-refractivity contribution < 1.29 is 14.6 Å². The molecule has 18 heavy (non-hydrogen) atoms. The summed E-state index contributed by atoms with van der Waals surface area (Å²) in [5, 5.41) is 8.56. The normalized spacial score (nSPS) is 15.4. The van der Waals surface area contributed by atoms with Crippen LogP contribution in [0.1, 0.15) is 25.7 Å². The van der Waals surface area contributed by atoms with E-state index < -0.39 is 5.97 Å². The lowest BCUT2D eigenvalue weighted by atomic mass is 10.1. The molecule has 0 bridgehead atoms. The lowest BCUT2D eigenvalue weighted by molar-refractivity contribution is -0.137. The molecule has 0 unspecified atom stereocenters. The highest BCUT2D eigenvalue weighted by atomic mass is 16.5. The molecule has 98 valence electrons. The minimum absolute atomic E-state index is 0.0357. The molecule has 0 amide bonds. The molecule has 4 heteroatoms. The molecule has 1 N–H and O–H groups in total. The minimum atomic E-state index is -0.831. The Balaban J connectivity index is 1.93. The van der Waals surface area contributed by atoms with Gasteiger partial charge in [0.1, 0.15) is 5.75 Å². The number of hydrogen-bond donors (Lipinski definition) is 1. The number of benzene rings is 1. The van der Waals surface area contributed by atoms with Crippen molar-refractivity contribution in [3.63, 3.8) is 0 Å². The molecule has 1 aromatic carbocycles. The maximum absolute atomic E-state index is 10.4. The van der Waals surface area contributed by atoms with Crippen LogP contribution in [-0.4, -0.2) is 30.8 Å². The van der Waals surface area contributed by atoms with Crippen LogP contribution in [-0.2, 0) is 4.79 Å². The molecule has 0 saturated carbocycles. The van der Waals surface area contributed by atoms with Gasteiger partial charge in [0.2, 0.25) is 0 Å². The van der Waals surface area contributed by atoms with Gasteiger partial charge in [-0.1, -0.05) is 6.07 Å². The van der Waals surface area contributed by atoms with E-state index >= 15 is 0 Å². The zero-order chi connectivity index (χ0) is 12.8. The molecule has 0 radical (unpaired) electrons. The molecule has 0 aromatic heterocycles. The number of piperidine rings is 1. The third-order valence-electron chi connectivity index (χ3n) is 3.12. The van der Waals surface area contributed by atoms with Crippen molar-refractivity contribution in [2.24, 2.45) is 0 Å². The van der Waals surface area contributed by atoms with E-state index in [-0.39, 0.29) is 13.0 Å². The van der Waals surface area contributed by atoms with Crippen LogP contribution in [0.15, 0.2) is 24.3 Å². The number of aliphatic carboxylic acids is 1. The van der Waals surface area contributed by atoms with Crippen molar-refractivity contribution in [2.45, 2.75) is 25.7 Å². The summed E-state index contributed by atoms with van der Waals surface area (Å²) in [7, 11) is 0. The molecular weight excluding hydrogens is 230 g/mol. The van der Waals surface area contributed by atoms with Crippen LogP contribution in [0.4, 0.5) is 5.69 Å². The third kappa shape index (κ3) is 3.65. The fourth-order valence-electron chi connectivity index (χ4n) is 2.18. The first-order valence-electron chi connectivity index (χ1n) is 6.45. The monoisotopic (exact) mass is 249 g/mol. The number of ether oxygens (including phenoxy) is 1. The summed E-state index contributed by atoms with van der Waals surface area (Å²) < 4.78 is 5.44. The third-order valence-corrected chi connectivity index (χ3v) is 3.12. The summed E-state index contributed by atoms with van der Waals surface area (Å²) in [5.41, 5.74) is 1.17. The molecule has 4 nitrogen and oxygen atoms in total. The maximum Gasteiger partial charge on any atom is 0.306 e. The van der Waals surface area contributed by atoms with Gasteiger partial charge < -0.3 is 14.7 Å². The lowest BCUT2D eigenvalue weighted by Gasteiger charge is -2.29. The summed E-state index contributed by atoms with van der Waals surface area (Å²) in [5.74, 6) is -0.0819. The zero-order valence-corrected chi connectivity index (χ0v) is 10.5. The summed E-state index contributed by atoms with van der Waals surface area (Å²) in [6.45, 7) is 2.41. The Kier molecular flexibility index (Phi) is 4.45. The summed E-state index contributed by atoms with van der Waals surface area (Å²) in [6.07, 6.45) is 3.83. The molecule has 1 saturated heterocycles. The first-order chi connectivity index (χ1) is 8.75. The second-order valence-corrected chi connectivity index (χ2v) is 4.54. The maximum atomic E-state index is 10.4. The number of carboxylic acid groups (broad SMARTS) is 1. The predicted molar refractivity (Wildman–Crippen MR) is 70.3 cm³/mol. The topological polar surface area (TPSA) is 49.8 Å². The number of carboxylic acids is 1. The molecule has 2 rings (SSSR count). The molecule has 1 aliphatic rings. The number of carbonyl (C=O) groups is 1. The van der Waals surface area contributed by atoms with Crippen molar-refractivity contribution in [3.8, 4) is 5.75 Å². The Bertz CT molecular complexity index is 400. The average molecular weight is 249 g/mol. The van der Waals surface area contributed by atoms with E-state index in [1.165, 1.54) is 24.9 Å². The van der Waals surface area contributed by atoms with Gasteiger partial charge in [0.15, 0.2) is 0 Å². The number of rotatable bonds is 5. The molecule has 0 atom stereocenters. The van der Waals surface area contributed by atoms with E-state index in [4.69, 9.17) is 9.84 Å². The van der Waals surface area contributed by atoms with Crippen LogP contribution < -0.4 is 9.64 Å². The van der Waals surface area contributed by atoms with E-state index in [2.05, 4.69) is 11.0 Å². The predicted octanol–water partition coefficient (Wildman–Crippen LogP) is 2.53. The van der Waals surface area contributed by atoms with Crippen molar-refractivity contribution >= 4 is 11.7 Å². The molecule has 1 aromatic rings. The summed E-state index contributed by atoms with van der Waals surface area (Å²) >= 11 is 0. The summed E-state index contributed by atoms with van der Waals surface area (Å²) in [6, 6.07) is 7.90. The van der Waals surface area contributed by atoms with Gasteiger partial charge in [0.25, 0.3) is 0 Å². The molecule has 0 aliphatic carbocycles. The second kappa shape index (κ2) is 6.28. The van der Waals surface area contributed by atoms with Gasteiger partial charge in [-0.05, 0) is 31.4 Å². The van der Waals surface area contributed by atoms with Crippen LogP contribution in [0.2, 0.25) is 0 Å². The van der Waals surface area contributed by atoms with E-state index in [0.717, 1.165) is 18.8 Å². The molecule has 1 fully saturated rings. The van der Waals surface area contributed by atoms with E-state index in [0.29, 0.717) is 0 Å². The first kappa shape index (κ1) is 12.7. The standard InChI is InChI=1S/C14H19NO3/c16-14(17)7-10-18-13-6-4-5-12(11-13)15-8-2-1-3-9-15/h4-6,11H,1-3,7-10H2,(H,16,17). The van der Waals surface area contributed by atoms with Crippen LogP contribution in [0, 0.1) is 0 Å². The fourth-order valence-corrected chi connectivity index (χ4v) is 2.18.